The van der Waals surface area contributed by atoms with E-state index >= 15 is 0 Å². The first-order chi connectivity index (χ1) is 4.31. The van der Waals surface area contributed by atoms with Crippen LogP contribution in [-0.4, -0.2) is 0 Å². The molecule has 0 aliphatic rings. The van der Waals surface area contributed by atoms with E-state index in [0.29, 0.717) is 0 Å². The van der Waals surface area contributed by atoms with E-state index in [-0.39, 0.29) is 0 Å². The minimum Gasteiger partial charge on any atom is -0.0877 e. The van der Waals surface area contributed by atoms with Crippen molar-refractivity contribution in [1.82, 2.24) is 0 Å². The van der Waals surface area contributed by atoms with Crippen LogP contribution < -0.4 is 0 Å². The molecule has 0 atom stereocenters. The Morgan fingerprint density at radius 1 is 1.22 bits per heavy atom. The number of allylic oxidation sites excluding steroid dienone is 6. The number of hydrogen-bond donors (Lipinski definition) is 0. The smallest absolute Gasteiger partial charge is 0.0132 e. The lowest BCUT2D eigenvalue weighted by molar-refractivity contribution is 1.69. The SMILES string of the molecule is C\C=C/C=C\C(Br)=C/C. The van der Waals surface area contributed by atoms with Gasteiger partial charge < -0.3 is 0 Å². The molecule has 50 valence electrons. The van der Waals surface area contributed by atoms with Crippen LogP contribution in [0.25, 0.3) is 0 Å². The van der Waals surface area contributed by atoms with Crippen molar-refractivity contribution < 1.29 is 0 Å². The summed E-state index contributed by atoms with van der Waals surface area (Å²) < 4.78 is 1.11. The Labute approximate surface area is 65.1 Å². The average Bonchev–Trinajstić information content (AvgIpc) is 1.89. The zero-order valence-corrected chi connectivity index (χ0v) is 7.35. The molecule has 0 rings (SSSR count). The third-order valence-corrected chi connectivity index (χ3v) is 1.56. The molecule has 0 unspecified atom stereocenters. The topological polar surface area (TPSA) is 0 Å². The van der Waals surface area contributed by atoms with Gasteiger partial charge in [-0.05, 0) is 19.9 Å². The van der Waals surface area contributed by atoms with E-state index in [1.165, 1.54) is 0 Å². The zero-order chi connectivity index (χ0) is 7.11. The minimum atomic E-state index is 1.11. The summed E-state index contributed by atoms with van der Waals surface area (Å²) in [6.45, 7) is 3.98. The minimum absolute atomic E-state index is 1.11. The summed E-state index contributed by atoms with van der Waals surface area (Å²) in [4.78, 5) is 0. The van der Waals surface area contributed by atoms with Gasteiger partial charge in [0.25, 0.3) is 0 Å². The lowest BCUT2D eigenvalue weighted by Crippen LogP contribution is -1.56. The molecule has 0 aliphatic heterocycles. The second-order valence-electron chi connectivity index (χ2n) is 1.56. The van der Waals surface area contributed by atoms with E-state index in [4.69, 9.17) is 0 Å². The molecule has 0 heterocycles. The van der Waals surface area contributed by atoms with Gasteiger partial charge in [0, 0.05) is 4.48 Å². The van der Waals surface area contributed by atoms with Gasteiger partial charge in [0.1, 0.15) is 0 Å². The lowest BCUT2D eigenvalue weighted by atomic mass is 10.4. The third kappa shape index (κ3) is 5.57. The summed E-state index contributed by atoms with van der Waals surface area (Å²) in [7, 11) is 0. The Morgan fingerprint density at radius 3 is 2.33 bits per heavy atom. The Hall–Kier alpha value is -0.300. The second-order valence-corrected chi connectivity index (χ2v) is 2.47. The van der Waals surface area contributed by atoms with Gasteiger partial charge in [-0.2, -0.15) is 0 Å². The molecule has 0 saturated heterocycles. The van der Waals surface area contributed by atoms with Crippen LogP contribution in [0.3, 0.4) is 0 Å². The number of halogens is 1. The summed E-state index contributed by atoms with van der Waals surface area (Å²) in [5.74, 6) is 0. The van der Waals surface area contributed by atoms with E-state index in [9.17, 15) is 0 Å². The fourth-order valence-corrected chi connectivity index (χ4v) is 0.507. The van der Waals surface area contributed by atoms with Gasteiger partial charge in [-0.1, -0.05) is 40.2 Å². The first-order valence-electron chi connectivity index (χ1n) is 2.92. The monoisotopic (exact) mass is 186 g/mol. The van der Waals surface area contributed by atoms with Gasteiger partial charge in [-0.3, -0.25) is 0 Å². The Bertz CT molecular complexity index is 141. The van der Waals surface area contributed by atoms with Gasteiger partial charge in [0.05, 0.1) is 0 Å². The Balaban J connectivity index is 3.71. The lowest BCUT2D eigenvalue weighted by Gasteiger charge is -1.80. The van der Waals surface area contributed by atoms with Crippen molar-refractivity contribution in [2.45, 2.75) is 13.8 Å². The predicted octanol–water partition coefficient (Wildman–Crippen LogP) is 3.42. The molecule has 1 heteroatoms. The summed E-state index contributed by atoms with van der Waals surface area (Å²) in [6, 6.07) is 0. The molecule has 0 nitrogen and oxygen atoms in total. The van der Waals surface area contributed by atoms with E-state index < -0.39 is 0 Å². The molecule has 0 saturated carbocycles. The Morgan fingerprint density at radius 2 is 1.89 bits per heavy atom. The summed E-state index contributed by atoms with van der Waals surface area (Å²) >= 11 is 3.35. The highest BCUT2D eigenvalue weighted by Gasteiger charge is 1.74. The maximum absolute atomic E-state index is 3.35. The highest BCUT2D eigenvalue weighted by atomic mass is 79.9. The fraction of sp³-hybridized carbons (Fsp3) is 0.250. The molecule has 0 N–H and O–H groups in total. The highest BCUT2D eigenvalue weighted by molar-refractivity contribution is 9.11. The molecule has 0 amide bonds. The molecular weight excluding hydrogens is 176 g/mol. The van der Waals surface area contributed by atoms with Crippen molar-refractivity contribution in [3.63, 3.8) is 0 Å². The van der Waals surface area contributed by atoms with Crippen LogP contribution in [0.5, 0.6) is 0 Å². The molecular formula is C8H11Br. The van der Waals surface area contributed by atoms with E-state index in [1.807, 2.05) is 44.2 Å². The normalized spacial score (nSPS) is 13.9. The fourth-order valence-electron chi connectivity index (χ4n) is 0.355. The Kier molecular flexibility index (Phi) is 5.64. The molecule has 0 aliphatic carbocycles. The van der Waals surface area contributed by atoms with Gasteiger partial charge in [-0.15, -0.1) is 0 Å². The van der Waals surface area contributed by atoms with Crippen LogP contribution in [-0.2, 0) is 0 Å². The third-order valence-electron chi connectivity index (χ3n) is 0.835. The van der Waals surface area contributed by atoms with E-state index in [2.05, 4.69) is 15.9 Å². The average molecular weight is 187 g/mol. The molecule has 0 spiro atoms. The van der Waals surface area contributed by atoms with Crippen LogP contribution in [0.4, 0.5) is 0 Å². The molecule has 0 aromatic rings. The van der Waals surface area contributed by atoms with E-state index in [1.54, 1.807) is 0 Å². The standard InChI is InChI=1S/C8H11Br/c1-3-5-6-7-8(9)4-2/h3-7H,1-2H3/b5-3-,7-6-,8-4+. The predicted molar refractivity (Wildman–Crippen MR) is 46.6 cm³/mol. The second kappa shape index (κ2) is 5.83. The molecule has 0 aromatic carbocycles. The zero-order valence-electron chi connectivity index (χ0n) is 5.76. The highest BCUT2D eigenvalue weighted by Crippen LogP contribution is 2.04. The van der Waals surface area contributed by atoms with Crippen molar-refractivity contribution in [3.05, 3.63) is 34.9 Å². The largest absolute Gasteiger partial charge is 0.0877 e. The van der Waals surface area contributed by atoms with Gasteiger partial charge >= 0.3 is 0 Å². The maximum Gasteiger partial charge on any atom is 0.0132 e. The van der Waals surface area contributed by atoms with Gasteiger partial charge in [0.15, 0.2) is 0 Å². The van der Waals surface area contributed by atoms with Crippen LogP contribution in [0, 0.1) is 0 Å². The maximum atomic E-state index is 3.35. The first-order valence-corrected chi connectivity index (χ1v) is 3.71. The summed E-state index contributed by atoms with van der Waals surface area (Å²) in [5.41, 5.74) is 0. The van der Waals surface area contributed by atoms with E-state index in [0.717, 1.165) is 4.48 Å². The first kappa shape index (κ1) is 8.70. The molecule has 0 bridgehead atoms. The molecule has 0 radical (unpaired) electrons. The molecule has 9 heavy (non-hydrogen) atoms. The number of rotatable bonds is 2. The van der Waals surface area contributed by atoms with Crippen molar-refractivity contribution in [1.29, 1.82) is 0 Å². The van der Waals surface area contributed by atoms with Crippen molar-refractivity contribution in [3.8, 4) is 0 Å². The van der Waals surface area contributed by atoms with Gasteiger partial charge in [-0.25, -0.2) is 0 Å². The molecule has 0 aromatic heterocycles. The quantitative estimate of drug-likeness (QED) is 0.581. The van der Waals surface area contributed by atoms with Gasteiger partial charge in [0.2, 0.25) is 0 Å². The van der Waals surface area contributed by atoms with Crippen LogP contribution in [0.15, 0.2) is 34.9 Å². The van der Waals surface area contributed by atoms with Crippen molar-refractivity contribution in [2.75, 3.05) is 0 Å². The summed E-state index contributed by atoms with van der Waals surface area (Å²) in [5, 5.41) is 0. The summed E-state index contributed by atoms with van der Waals surface area (Å²) in [6.07, 6.45) is 9.97. The van der Waals surface area contributed by atoms with Crippen molar-refractivity contribution in [2.24, 2.45) is 0 Å². The van der Waals surface area contributed by atoms with Crippen LogP contribution in [0.1, 0.15) is 13.8 Å². The molecule has 0 fully saturated rings. The van der Waals surface area contributed by atoms with Crippen LogP contribution >= 0.6 is 15.9 Å². The number of hydrogen-bond acceptors (Lipinski definition) is 0. The van der Waals surface area contributed by atoms with Crippen molar-refractivity contribution >= 4 is 15.9 Å². The van der Waals surface area contributed by atoms with Crippen LogP contribution in [0.2, 0.25) is 0 Å².